The monoisotopic (exact) mass is 809 g/mol. The summed E-state index contributed by atoms with van der Waals surface area (Å²) in [6.07, 6.45) is 1.53. The van der Waals surface area contributed by atoms with Crippen molar-refractivity contribution in [1.29, 1.82) is 0 Å². The number of hydrogen-bond acceptors (Lipinski definition) is 4. The standard InChI is InChI=1S/C57H44N4O/c1-38-31-32-58-56(33-38)61-52-24-10-9-21-50(52)51-30-28-45(36-55(51)61)62-44-19-13-18-43(35-44)59-37-60(54-26-12-11-25-53(54)59)57-48(41-16-5-4-6-17-41)22-14-23-49(57)42-27-29-47(40(3)34-42)46-20-8-7-15-39(46)2/h4-36H,37H2,1-3H3/i1D3,2D3,3D3. The summed E-state index contributed by atoms with van der Waals surface area (Å²) in [5.74, 6) is 1.68. The molecule has 5 nitrogen and oxygen atoms in total. The number of anilines is 4. The molecule has 0 unspecified atom stereocenters. The molecule has 3 heterocycles. The van der Waals surface area contributed by atoms with Crippen molar-refractivity contribution in [1.82, 2.24) is 9.55 Å². The van der Waals surface area contributed by atoms with Crippen molar-refractivity contribution < 1.29 is 17.1 Å². The summed E-state index contributed by atoms with van der Waals surface area (Å²) in [5, 5.41) is 1.97. The molecule has 10 aromatic rings. The van der Waals surface area contributed by atoms with Crippen LogP contribution >= 0.6 is 0 Å². The molecule has 298 valence electrons. The Labute approximate surface area is 375 Å². The Morgan fingerprint density at radius 3 is 2.06 bits per heavy atom. The third-order valence-electron chi connectivity index (χ3n) is 11.7. The summed E-state index contributed by atoms with van der Waals surface area (Å²) in [4.78, 5) is 9.10. The molecule has 0 aliphatic carbocycles. The zero-order valence-corrected chi connectivity index (χ0v) is 33.5. The first kappa shape index (κ1) is 28.6. The number of aromatic nitrogens is 2. The van der Waals surface area contributed by atoms with Gasteiger partial charge in [-0.15, -0.1) is 0 Å². The average Bonchev–Trinajstić information content (AvgIpc) is 3.91. The van der Waals surface area contributed by atoms with Crippen LogP contribution in [0.1, 0.15) is 29.0 Å². The summed E-state index contributed by atoms with van der Waals surface area (Å²) in [6, 6.07) is 61.2. The van der Waals surface area contributed by atoms with Gasteiger partial charge in [-0.1, -0.05) is 127 Å². The van der Waals surface area contributed by atoms with Crippen LogP contribution in [0.4, 0.5) is 22.7 Å². The lowest BCUT2D eigenvalue weighted by atomic mass is 9.91. The van der Waals surface area contributed by atoms with Gasteiger partial charge >= 0.3 is 0 Å². The van der Waals surface area contributed by atoms with E-state index in [-0.39, 0.29) is 16.7 Å². The van der Waals surface area contributed by atoms with Crippen LogP contribution in [0.2, 0.25) is 0 Å². The zero-order valence-electron chi connectivity index (χ0n) is 42.5. The van der Waals surface area contributed by atoms with Crippen molar-refractivity contribution in [2.24, 2.45) is 0 Å². The van der Waals surface area contributed by atoms with Crippen LogP contribution in [-0.4, -0.2) is 16.2 Å². The summed E-state index contributed by atoms with van der Waals surface area (Å²) in [6.45, 7) is -6.92. The fraction of sp³-hybridized carbons (Fsp3) is 0.0702. The van der Waals surface area contributed by atoms with Crippen molar-refractivity contribution in [2.45, 2.75) is 20.6 Å². The molecule has 11 rings (SSSR count). The highest BCUT2D eigenvalue weighted by molar-refractivity contribution is 6.09. The second-order valence-corrected chi connectivity index (χ2v) is 15.4. The van der Waals surface area contributed by atoms with Crippen LogP contribution in [-0.2, 0) is 0 Å². The van der Waals surface area contributed by atoms with Crippen molar-refractivity contribution in [3.05, 3.63) is 217 Å². The third kappa shape index (κ3) is 6.46. The van der Waals surface area contributed by atoms with Gasteiger partial charge in [-0.05, 0) is 114 Å². The minimum absolute atomic E-state index is 0.0583. The molecule has 0 N–H and O–H groups in total. The number of hydrogen-bond donors (Lipinski definition) is 0. The Bertz CT molecular complexity index is 3660. The Balaban J connectivity index is 0.992. The van der Waals surface area contributed by atoms with Crippen LogP contribution in [0.5, 0.6) is 11.5 Å². The minimum atomic E-state index is -2.57. The highest BCUT2D eigenvalue weighted by Crippen LogP contribution is 2.50. The van der Waals surface area contributed by atoms with Gasteiger partial charge in [0.25, 0.3) is 0 Å². The van der Waals surface area contributed by atoms with Crippen LogP contribution in [0, 0.1) is 20.6 Å². The molecule has 0 radical (unpaired) electrons. The van der Waals surface area contributed by atoms with E-state index >= 15 is 0 Å². The molecular formula is C57H44N4O. The number of benzene rings is 8. The largest absolute Gasteiger partial charge is 0.457 e. The lowest BCUT2D eigenvalue weighted by Crippen LogP contribution is -2.25. The van der Waals surface area contributed by atoms with Gasteiger partial charge in [-0.25, -0.2) is 4.98 Å². The van der Waals surface area contributed by atoms with Gasteiger partial charge in [0, 0.05) is 58.3 Å². The van der Waals surface area contributed by atoms with E-state index in [9.17, 15) is 0 Å². The van der Waals surface area contributed by atoms with E-state index in [0.29, 0.717) is 40.7 Å². The maximum atomic E-state index is 8.73. The number of pyridine rings is 1. The molecule has 0 spiro atoms. The first-order chi connectivity index (χ1) is 34.1. The molecule has 8 aromatic carbocycles. The number of rotatable bonds is 8. The molecule has 1 aliphatic heterocycles. The van der Waals surface area contributed by atoms with E-state index in [4.69, 9.17) is 17.1 Å². The van der Waals surface area contributed by atoms with Crippen molar-refractivity contribution in [2.75, 3.05) is 16.5 Å². The molecule has 0 bridgehead atoms. The molecule has 5 heteroatoms. The number of aryl methyl sites for hydroxylation is 3. The van der Waals surface area contributed by atoms with Crippen LogP contribution in [0.3, 0.4) is 0 Å². The average molecular weight is 810 g/mol. The number of para-hydroxylation sites is 4. The normalized spacial score (nSPS) is 15.1. The van der Waals surface area contributed by atoms with Crippen molar-refractivity contribution in [3.63, 3.8) is 0 Å². The van der Waals surface area contributed by atoms with E-state index in [1.54, 1.807) is 36.4 Å². The molecule has 0 fully saturated rings. The molecule has 0 amide bonds. The zero-order chi connectivity index (χ0) is 49.2. The smallest absolute Gasteiger partial charge is 0.137 e. The number of nitrogens with zero attached hydrogens (tertiary/aromatic N) is 4. The summed E-state index contributed by atoms with van der Waals surface area (Å²) in [5.41, 5.74) is 9.79. The van der Waals surface area contributed by atoms with Crippen LogP contribution < -0.4 is 14.5 Å². The van der Waals surface area contributed by atoms with Gasteiger partial charge in [-0.3, -0.25) is 4.57 Å². The van der Waals surface area contributed by atoms with Crippen molar-refractivity contribution in [3.8, 4) is 50.7 Å². The van der Waals surface area contributed by atoms with Crippen molar-refractivity contribution >= 4 is 44.6 Å². The summed E-state index contributed by atoms with van der Waals surface area (Å²) in [7, 11) is 0. The topological polar surface area (TPSA) is 33.5 Å². The van der Waals surface area contributed by atoms with Gasteiger partial charge in [-0.2, -0.15) is 0 Å². The van der Waals surface area contributed by atoms with Gasteiger partial charge in [0.2, 0.25) is 0 Å². The Morgan fingerprint density at radius 1 is 0.484 bits per heavy atom. The van der Waals surface area contributed by atoms with Gasteiger partial charge in [0.05, 0.1) is 28.1 Å². The van der Waals surface area contributed by atoms with E-state index in [1.807, 2.05) is 120 Å². The predicted molar refractivity (Wildman–Crippen MR) is 258 cm³/mol. The Morgan fingerprint density at radius 2 is 1.19 bits per heavy atom. The Hall–Kier alpha value is -7.89. The first-order valence-corrected chi connectivity index (χ1v) is 20.5. The second kappa shape index (κ2) is 15.3. The molecule has 62 heavy (non-hydrogen) atoms. The van der Waals surface area contributed by atoms with Gasteiger partial charge < -0.3 is 14.5 Å². The van der Waals surface area contributed by atoms with Gasteiger partial charge in [0.15, 0.2) is 0 Å². The fourth-order valence-corrected chi connectivity index (χ4v) is 8.86. The van der Waals surface area contributed by atoms with Gasteiger partial charge in [0.1, 0.15) is 24.0 Å². The third-order valence-corrected chi connectivity index (χ3v) is 11.7. The molecular weight excluding hydrogens is 757 g/mol. The molecule has 0 atom stereocenters. The van der Waals surface area contributed by atoms with E-state index in [1.165, 1.54) is 18.3 Å². The second-order valence-electron chi connectivity index (χ2n) is 15.4. The highest BCUT2D eigenvalue weighted by atomic mass is 16.5. The number of ether oxygens (including phenoxy) is 1. The van der Waals surface area contributed by atoms with E-state index in [2.05, 4.69) is 45.1 Å². The molecule has 0 saturated heterocycles. The first-order valence-electron chi connectivity index (χ1n) is 25.0. The van der Waals surface area contributed by atoms with E-state index < -0.39 is 20.6 Å². The molecule has 0 saturated carbocycles. The maximum absolute atomic E-state index is 8.73. The molecule has 2 aromatic heterocycles. The maximum Gasteiger partial charge on any atom is 0.137 e. The predicted octanol–water partition coefficient (Wildman–Crippen LogP) is 15.1. The summed E-state index contributed by atoms with van der Waals surface area (Å²) >= 11 is 0. The lowest BCUT2D eigenvalue weighted by Gasteiger charge is -2.27. The van der Waals surface area contributed by atoms with Crippen LogP contribution in [0.15, 0.2) is 200 Å². The quantitative estimate of drug-likeness (QED) is 0.153. The Kier molecular flexibility index (Phi) is 7.04. The molecule has 1 aliphatic rings. The lowest BCUT2D eigenvalue weighted by molar-refractivity contribution is 0.483. The van der Waals surface area contributed by atoms with Crippen LogP contribution in [0.25, 0.3) is 61.0 Å². The fourth-order valence-electron chi connectivity index (χ4n) is 8.86. The highest BCUT2D eigenvalue weighted by Gasteiger charge is 2.31. The summed E-state index contributed by atoms with van der Waals surface area (Å²) < 4.78 is 83.8. The van der Waals surface area contributed by atoms with E-state index in [0.717, 1.165) is 61.2 Å². The SMILES string of the molecule is [2H]C([2H])([2H])c1ccnc(-n2c3ccccc3c3ccc(Oc4cccc(N5CN(c6c(-c7ccccc7)cccc6-c6ccc(-c7ccccc7C([2H])([2H])[2H])c(C([2H])([2H])[2H])c6)c6ccccc65)c4)cc32)c1. The number of fused-ring (bicyclic) bond motifs is 4. The minimum Gasteiger partial charge on any atom is -0.457 e.